The van der Waals surface area contributed by atoms with E-state index in [9.17, 15) is 4.79 Å². The van der Waals surface area contributed by atoms with Crippen LogP contribution < -0.4 is 15.1 Å². The number of amides is 1. The Kier molecular flexibility index (Phi) is 5.41. The van der Waals surface area contributed by atoms with Crippen LogP contribution in [0.1, 0.15) is 15.4 Å². The summed E-state index contributed by atoms with van der Waals surface area (Å²) in [4.78, 5) is 22.0. The second-order valence-corrected chi connectivity index (χ2v) is 8.24. The lowest BCUT2D eigenvalue weighted by Gasteiger charge is -2.31. The summed E-state index contributed by atoms with van der Waals surface area (Å²) in [6, 6.07) is 18.1. The van der Waals surface area contributed by atoms with Crippen molar-refractivity contribution in [2.75, 3.05) is 43.4 Å². The van der Waals surface area contributed by atoms with E-state index in [0.29, 0.717) is 4.88 Å². The van der Waals surface area contributed by atoms with E-state index < -0.39 is 0 Å². The van der Waals surface area contributed by atoms with Crippen LogP contribution in [-0.2, 0) is 0 Å². The molecule has 0 atom stereocenters. The molecule has 1 saturated heterocycles. The van der Waals surface area contributed by atoms with Crippen molar-refractivity contribution in [3.05, 3.63) is 65.2 Å². The van der Waals surface area contributed by atoms with Gasteiger partial charge >= 0.3 is 0 Å². The maximum atomic E-state index is 12.7. The van der Waals surface area contributed by atoms with E-state index in [1.807, 2.05) is 49.4 Å². The number of hydrogen-bond acceptors (Lipinski definition) is 4. The Morgan fingerprint density at radius 1 is 1.07 bits per heavy atom. The average molecular weight is 394 g/mol. The molecule has 6 heteroatoms. The molecule has 0 bridgehead atoms. The van der Waals surface area contributed by atoms with Crippen LogP contribution in [0.5, 0.6) is 0 Å². The molecule has 1 aliphatic rings. The van der Waals surface area contributed by atoms with Crippen LogP contribution in [0.2, 0.25) is 0 Å². The van der Waals surface area contributed by atoms with Gasteiger partial charge in [0.1, 0.15) is 9.88 Å². The first-order valence-electron chi connectivity index (χ1n) is 9.60. The van der Waals surface area contributed by atoms with Gasteiger partial charge in [-0.25, -0.2) is 4.98 Å². The number of carbonyl (C=O) groups excluding carboxylic acids is 1. The van der Waals surface area contributed by atoms with E-state index in [0.717, 1.165) is 48.1 Å². The fraction of sp³-hybridized carbons (Fsp3) is 0.273. The summed E-state index contributed by atoms with van der Waals surface area (Å²) in [5.74, 6) is -0.104. The minimum absolute atomic E-state index is 0.104. The zero-order chi connectivity index (χ0) is 19.5. The maximum Gasteiger partial charge on any atom is 0.267 e. The van der Waals surface area contributed by atoms with Crippen molar-refractivity contribution in [1.82, 2.24) is 4.98 Å². The number of nitrogens with zero attached hydrogens (tertiary/aromatic N) is 2. The van der Waals surface area contributed by atoms with Crippen molar-refractivity contribution in [1.29, 1.82) is 0 Å². The predicted molar refractivity (Wildman–Crippen MR) is 116 cm³/mol. The zero-order valence-corrected chi connectivity index (χ0v) is 17.1. The first kappa shape index (κ1) is 18.7. The molecular weight excluding hydrogens is 368 g/mol. The molecule has 2 aromatic carbocycles. The molecule has 1 amide bonds. The molecule has 4 rings (SSSR count). The molecule has 5 nitrogen and oxygen atoms in total. The number of carbonyl (C=O) groups is 1. The summed E-state index contributed by atoms with van der Waals surface area (Å²) < 4.78 is 0. The number of thiazole rings is 1. The number of hydrogen-bond donors (Lipinski definition) is 2. The van der Waals surface area contributed by atoms with E-state index in [1.54, 1.807) is 4.90 Å². The zero-order valence-electron chi connectivity index (χ0n) is 16.2. The Morgan fingerprint density at radius 3 is 2.43 bits per heavy atom. The highest BCUT2D eigenvalue weighted by Crippen LogP contribution is 2.28. The lowest BCUT2D eigenvalue weighted by molar-refractivity contribution is -0.880. The van der Waals surface area contributed by atoms with Gasteiger partial charge in [-0.15, -0.1) is 11.3 Å². The molecule has 1 fully saturated rings. The normalized spacial score (nSPS) is 14.9. The number of aromatic nitrogens is 1. The molecule has 2 heterocycles. The van der Waals surface area contributed by atoms with Crippen LogP contribution in [0.15, 0.2) is 54.6 Å². The Labute approximate surface area is 169 Å². The molecule has 0 spiro atoms. The second kappa shape index (κ2) is 8.12. The quantitative estimate of drug-likeness (QED) is 0.717. The fourth-order valence-electron chi connectivity index (χ4n) is 3.40. The van der Waals surface area contributed by atoms with Crippen molar-refractivity contribution in [3.8, 4) is 10.6 Å². The Morgan fingerprint density at radius 2 is 1.75 bits per heavy atom. The van der Waals surface area contributed by atoms with E-state index >= 15 is 0 Å². The largest absolute Gasteiger partial charge is 0.360 e. The average Bonchev–Trinajstić information content (AvgIpc) is 3.12. The van der Waals surface area contributed by atoms with Gasteiger partial charge < -0.3 is 15.1 Å². The highest BCUT2D eigenvalue weighted by Gasteiger charge is 2.18. The van der Waals surface area contributed by atoms with Crippen molar-refractivity contribution in [2.45, 2.75) is 6.92 Å². The molecule has 0 saturated carbocycles. The van der Waals surface area contributed by atoms with Gasteiger partial charge in [0, 0.05) is 16.9 Å². The van der Waals surface area contributed by atoms with Gasteiger partial charge in [-0.05, 0) is 31.2 Å². The van der Waals surface area contributed by atoms with Crippen LogP contribution in [0.25, 0.3) is 10.6 Å². The third kappa shape index (κ3) is 4.08. The fourth-order valence-corrected chi connectivity index (χ4v) is 4.37. The van der Waals surface area contributed by atoms with Crippen LogP contribution in [0.3, 0.4) is 0 Å². The van der Waals surface area contributed by atoms with Crippen LogP contribution in [0, 0.1) is 6.92 Å². The molecule has 0 aliphatic carbocycles. The van der Waals surface area contributed by atoms with Gasteiger partial charge in [0.25, 0.3) is 5.91 Å². The van der Waals surface area contributed by atoms with Crippen molar-refractivity contribution in [3.63, 3.8) is 0 Å². The highest BCUT2D eigenvalue weighted by atomic mass is 32.1. The summed E-state index contributed by atoms with van der Waals surface area (Å²) >= 11 is 1.43. The minimum atomic E-state index is -0.104. The molecule has 1 aliphatic heterocycles. The Hall–Kier alpha value is -2.70. The van der Waals surface area contributed by atoms with Crippen LogP contribution >= 0.6 is 11.3 Å². The predicted octanol–water partition coefficient (Wildman–Crippen LogP) is 2.71. The number of quaternary nitrogens is 1. The van der Waals surface area contributed by atoms with Crippen molar-refractivity contribution >= 4 is 28.6 Å². The molecule has 1 aromatic heterocycles. The van der Waals surface area contributed by atoms with Crippen molar-refractivity contribution in [2.24, 2.45) is 0 Å². The lowest BCUT2D eigenvalue weighted by Crippen LogP contribution is -3.12. The second-order valence-electron chi connectivity index (χ2n) is 7.24. The number of aryl methyl sites for hydroxylation is 1. The smallest absolute Gasteiger partial charge is 0.267 e. The van der Waals surface area contributed by atoms with E-state index in [-0.39, 0.29) is 5.91 Å². The van der Waals surface area contributed by atoms with Gasteiger partial charge in [-0.3, -0.25) is 4.79 Å². The van der Waals surface area contributed by atoms with Crippen LogP contribution in [0.4, 0.5) is 11.4 Å². The molecule has 28 heavy (non-hydrogen) atoms. The topological polar surface area (TPSA) is 49.7 Å². The molecule has 0 radical (unpaired) electrons. The lowest BCUT2D eigenvalue weighted by atomic mass is 10.2. The minimum Gasteiger partial charge on any atom is -0.360 e. The van der Waals surface area contributed by atoms with Gasteiger partial charge in [-0.2, -0.15) is 0 Å². The number of benzene rings is 2. The van der Waals surface area contributed by atoms with Gasteiger partial charge in [0.2, 0.25) is 0 Å². The monoisotopic (exact) mass is 393 g/mol. The number of piperazine rings is 1. The third-order valence-electron chi connectivity index (χ3n) is 5.13. The number of likely N-dealkylation sites (N-methyl/N-ethyl adjacent to an activating group) is 1. The number of nitrogens with one attached hydrogen (secondary N) is 2. The summed E-state index contributed by atoms with van der Waals surface area (Å²) in [7, 11) is 2.24. The third-order valence-corrected chi connectivity index (χ3v) is 6.34. The van der Waals surface area contributed by atoms with E-state index in [2.05, 4.69) is 34.4 Å². The maximum absolute atomic E-state index is 12.7. The summed E-state index contributed by atoms with van der Waals surface area (Å²) in [5, 5.41) is 3.88. The summed E-state index contributed by atoms with van der Waals surface area (Å²) in [5.41, 5.74) is 3.82. The van der Waals surface area contributed by atoms with Crippen molar-refractivity contribution < 1.29 is 9.69 Å². The van der Waals surface area contributed by atoms with Gasteiger partial charge in [-0.1, -0.05) is 30.3 Å². The highest BCUT2D eigenvalue weighted by molar-refractivity contribution is 7.17. The Bertz CT molecular complexity index is 944. The summed E-state index contributed by atoms with van der Waals surface area (Å²) in [6.45, 7) is 6.34. The molecular formula is C22H25N4OS+. The molecule has 144 valence electrons. The van der Waals surface area contributed by atoms with Crippen LogP contribution in [-0.4, -0.2) is 44.1 Å². The number of rotatable bonds is 4. The van der Waals surface area contributed by atoms with E-state index in [4.69, 9.17) is 0 Å². The standard InChI is InChI=1S/C22H24N4OS/c1-16-20(28-22(23-16)17-6-4-3-5-7-17)21(27)24-18-8-10-19(11-9-18)26-14-12-25(2)13-15-26/h3-11H,12-15H2,1-2H3,(H,24,27)/p+1. The SMILES string of the molecule is Cc1nc(-c2ccccc2)sc1C(=O)Nc1ccc(N2CC[NH+](C)CC2)cc1. The van der Waals surface area contributed by atoms with Gasteiger partial charge in [0.15, 0.2) is 0 Å². The first-order chi connectivity index (χ1) is 13.6. The van der Waals surface area contributed by atoms with E-state index in [1.165, 1.54) is 17.0 Å². The molecule has 3 aromatic rings. The van der Waals surface area contributed by atoms with Gasteiger partial charge in [0.05, 0.1) is 38.9 Å². The molecule has 2 N–H and O–H groups in total. The number of anilines is 2. The summed E-state index contributed by atoms with van der Waals surface area (Å²) in [6.07, 6.45) is 0. The Balaban J connectivity index is 1.44. The molecule has 0 unspecified atom stereocenters. The first-order valence-corrected chi connectivity index (χ1v) is 10.4.